The lowest BCUT2D eigenvalue weighted by molar-refractivity contribution is -0.153. The number of hydrogen-bond donors (Lipinski definition) is 1. The number of carbonyl (C=O) groups excluding carboxylic acids is 2. The van der Waals surface area contributed by atoms with E-state index in [-0.39, 0.29) is 18.5 Å². The van der Waals surface area contributed by atoms with Crippen LogP contribution in [0.4, 0.5) is 0 Å². The summed E-state index contributed by atoms with van der Waals surface area (Å²) in [5.41, 5.74) is 5.63. The Morgan fingerprint density at radius 2 is 1.67 bits per heavy atom. The van der Waals surface area contributed by atoms with Crippen molar-refractivity contribution in [1.29, 1.82) is 0 Å². The van der Waals surface area contributed by atoms with E-state index >= 15 is 0 Å². The fourth-order valence-corrected chi connectivity index (χ4v) is 1.22. The Kier molecular flexibility index (Phi) is 9.05. The number of nitrogens with two attached hydrogens (primary N) is 1. The lowest BCUT2D eigenvalue weighted by Gasteiger charge is -2.18. The lowest BCUT2D eigenvalue weighted by Crippen LogP contribution is -2.28. The molecule has 0 aromatic heterocycles. The highest BCUT2D eigenvalue weighted by molar-refractivity contribution is 5.71. The van der Waals surface area contributed by atoms with Crippen LogP contribution >= 0.6 is 0 Å². The Balaban J connectivity index is 0.000000400. The number of hydrogen-bond acceptors (Lipinski definition) is 5. The van der Waals surface area contributed by atoms with E-state index in [4.69, 9.17) is 15.2 Å². The molecule has 0 atom stereocenters. The van der Waals surface area contributed by atoms with Crippen molar-refractivity contribution in [3.8, 4) is 0 Å². The third-order valence-corrected chi connectivity index (χ3v) is 2.12. The maximum Gasteiger partial charge on any atom is 0.320 e. The molecule has 0 aliphatic carbocycles. The molecule has 0 saturated carbocycles. The van der Waals surface area contributed by atoms with Crippen LogP contribution in [-0.4, -0.2) is 24.1 Å². The zero-order chi connectivity index (χ0) is 16.3. The van der Waals surface area contributed by atoms with Crippen molar-refractivity contribution in [2.75, 3.05) is 6.54 Å². The first kappa shape index (κ1) is 19.1. The van der Waals surface area contributed by atoms with Crippen molar-refractivity contribution >= 4 is 11.9 Å². The molecule has 0 unspecified atom stereocenters. The number of carbonyl (C=O) groups is 2. The molecule has 1 aromatic carbocycles. The third-order valence-electron chi connectivity index (χ3n) is 2.12. The second-order valence-corrected chi connectivity index (χ2v) is 5.29. The van der Waals surface area contributed by atoms with Crippen molar-refractivity contribution in [3.63, 3.8) is 0 Å². The molecule has 5 nitrogen and oxygen atoms in total. The molecule has 1 aromatic rings. The molecule has 0 radical (unpaired) electrons. The van der Waals surface area contributed by atoms with Crippen molar-refractivity contribution < 1.29 is 19.1 Å². The summed E-state index contributed by atoms with van der Waals surface area (Å²) in [6.07, 6.45) is 0.437. The molecule has 0 aliphatic rings. The summed E-state index contributed by atoms with van der Waals surface area (Å²) in [6, 6.07) is 9.65. The van der Waals surface area contributed by atoms with Gasteiger partial charge in [0.1, 0.15) is 12.2 Å². The van der Waals surface area contributed by atoms with Gasteiger partial charge in [0.05, 0.1) is 6.54 Å². The average molecular weight is 295 g/mol. The van der Waals surface area contributed by atoms with E-state index in [1.54, 1.807) is 27.7 Å². The lowest BCUT2D eigenvalue weighted by atomic mass is 10.2. The van der Waals surface area contributed by atoms with Gasteiger partial charge >= 0.3 is 11.9 Å². The number of esters is 2. The van der Waals surface area contributed by atoms with Crippen molar-refractivity contribution in [1.82, 2.24) is 0 Å². The van der Waals surface area contributed by atoms with Gasteiger partial charge in [-0.05, 0) is 26.3 Å². The largest absolute Gasteiger partial charge is 0.461 e. The molecule has 0 saturated heterocycles. The van der Waals surface area contributed by atoms with Crippen LogP contribution in [-0.2, 0) is 25.7 Å². The summed E-state index contributed by atoms with van der Waals surface area (Å²) in [5, 5.41) is 0. The minimum atomic E-state index is -0.406. The van der Waals surface area contributed by atoms with Gasteiger partial charge in [-0.15, -0.1) is 0 Å². The van der Waals surface area contributed by atoms with Crippen molar-refractivity contribution in [2.24, 2.45) is 5.73 Å². The summed E-state index contributed by atoms with van der Waals surface area (Å²) in [5.74, 6) is -0.513. The first-order chi connectivity index (χ1) is 9.78. The maximum atomic E-state index is 10.8. The van der Waals surface area contributed by atoms with Crippen LogP contribution in [0, 0.1) is 0 Å². The Morgan fingerprint density at radius 1 is 1.10 bits per heavy atom. The molecule has 2 N–H and O–H groups in total. The summed E-state index contributed by atoms with van der Waals surface area (Å²) >= 11 is 0. The molecule has 0 aliphatic heterocycles. The van der Waals surface area contributed by atoms with Gasteiger partial charge in [-0.1, -0.05) is 37.3 Å². The van der Waals surface area contributed by atoms with Gasteiger partial charge < -0.3 is 15.2 Å². The third kappa shape index (κ3) is 11.6. The topological polar surface area (TPSA) is 78.6 Å². The molecule has 0 spiro atoms. The summed E-state index contributed by atoms with van der Waals surface area (Å²) in [6.45, 7) is 7.54. The number of benzene rings is 1. The van der Waals surface area contributed by atoms with E-state index in [9.17, 15) is 9.59 Å². The Labute approximate surface area is 126 Å². The van der Waals surface area contributed by atoms with Crippen LogP contribution in [0.2, 0.25) is 0 Å². The molecule has 21 heavy (non-hydrogen) atoms. The maximum absolute atomic E-state index is 10.8. The fraction of sp³-hybridized carbons (Fsp3) is 0.500. The van der Waals surface area contributed by atoms with E-state index in [2.05, 4.69) is 0 Å². The van der Waals surface area contributed by atoms with Crippen LogP contribution in [0.1, 0.15) is 39.7 Å². The Hall–Kier alpha value is -1.88. The zero-order valence-corrected chi connectivity index (χ0v) is 13.2. The molecular formula is C16H25NO4. The smallest absolute Gasteiger partial charge is 0.320 e. The Bertz CT molecular complexity index is 424. The Morgan fingerprint density at radius 3 is 2.05 bits per heavy atom. The van der Waals surface area contributed by atoms with E-state index < -0.39 is 5.60 Å². The number of rotatable bonds is 4. The van der Waals surface area contributed by atoms with Gasteiger partial charge in [-0.2, -0.15) is 0 Å². The quantitative estimate of drug-likeness (QED) is 0.863. The average Bonchev–Trinajstić information content (AvgIpc) is 2.44. The minimum absolute atomic E-state index is 0.0444. The zero-order valence-electron chi connectivity index (χ0n) is 13.2. The van der Waals surface area contributed by atoms with Crippen LogP contribution in [0.15, 0.2) is 30.3 Å². The molecular weight excluding hydrogens is 270 g/mol. The standard InChI is InChI=1S/C10H12O2.C6H13NO2/c1-2-10(11)12-8-9-6-4-3-5-7-9;1-6(2,3)9-5(8)4-7/h3-7H,2,8H2,1H3;4,7H2,1-3H3. The van der Waals surface area contributed by atoms with E-state index in [0.29, 0.717) is 13.0 Å². The molecule has 0 amide bonds. The van der Waals surface area contributed by atoms with E-state index in [1.807, 2.05) is 30.3 Å². The first-order valence-electron chi connectivity index (χ1n) is 6.90. The summed E-state index contributed by atoms with van der Waals surface area (Å²) < 4.78 is 9.76. The van der Waals surface area contributed by atoms with Crippen LogP contribution < -0.4 is 5.73 Å². The molecule has 0 bridgehead atoms. The second-order valence-electron chi connectivity index (χ2n) is 5.29. The molecule has 0 heterocycles. The predicted molar refractivity (Wildman–Crippen MR) is 81.4 cm³/mol. The SMILES string of the molecule is CC(C)(C)OC(=O)CN.CCC(=O)OCc1ccccc1. The van der Waals surface area contributed by atoms with E-state index in [0.717, 1.165) is 5.56 Å². The van der Waals surface area contributed by atoms with Gasteiger partial charge in [0, 0.05) is 6.42 Å². The van der Waals surface area contributed by atoms with Gasteiger partial charge in [0.15, 0.2) is 0 Å². The summed E-state index contributed by atoms with van der Waals surface area (Å²) in [7, 11) is 0. The van der Waals surface area contributed by atoms with E-state index in [1.165, 1.54) is 0 Å². The van der Waals surface area contributed by atoms with Gasteiger partial charge in [-0.3, -0.25) is 9.59 Å². The molecule has 118 valence electrons. The number of ether oxygens (including phenoxy) is 2. The normalized spacial score (nSPS) is 10.1. The fourth-order valence-electron chi connectivity index (χ4n) is 1.22. The highest BCUT2D eigenvalue weighted by Crippen LogP contribution is 2.05. The van der Waals surface area contributed by atoms with Gasteiger partial charge in [0.25, 0.3) is 0 Å². The molecule has 1 rings (SSSR count). The van der Waals surface area contributed by atoms with Crippen LogP contribution in [0.25, 0.3) is 0 Å². The van der Waals surface area contributed by atoms with Crippen molar-refractivity contribution in [2.45, 2.75) is 46.3 Å². The highest BCUT2D eigenvalue weighted by Gasteiger charge is 2.13. The second kappa shape index (κ2) is 9.94. The highest BCUT2D eigenvalue weighted by atomic mass is 16.6. The summed E-state index contributed by atoms with van der Waals surface area (Å²) in [4.78, 5) is 21.2. The van der Waals surface area contributed by atoms with Gasteiger partial charge in [0.2, 0.25) is 0 Å². The predicted octanol–water partition coefficient (Wildman–Crippen LogP) is 2.43. The molecule has 5 heteroatoms. The van der Waals surface area contributed by atoms with Crippen LogP contribution in [0.3, 0.4) is 0 Å². The first-order valence-corrected chi connectivity index (χ1v) is 6.90. The monoisotopic (exact) mass is 295 g/mol. The minimum Gasteiger partial charge on any atom is -0.461 e. The van der Waals surface area contributed by atoms with Gasteiger partial charge in [-0.25, -0.2) is 0 Å². The van der Waals surface area contributed by atoms with Crippen LogP contribution in [0.5, 0.6) is 0 Å². The molecule has 0 fully saturated rings. The van der Waals surface area contributed by atoms with Crippen molar-refractivity contribution in [3.05, 3.63) is 35.9 Å².